The Labute approximate surface area is 87.7 Å². The number of hydrogen-bond donors (Lipinski definition) is 1. The summed E-state index contributed by atoms with van der Waals surface area (Å²) in [6.45, 7) is 3.44. The first-order valence-corrected chi connectivity index (χ1v) is 6.62. The van der Waals surface area contributed by atoms with Crippen molar-refractivity contribution < 1.29 is 0 Å². The third-order valence-corrected chi connectivity index (χ3v) is 4.89. The average molecular weight is 193 g/mol. The van der Waals surface area contributed by atoms with Crippen LogP contribution in [0, 0.1) is 23.7 Å². The predicted octanol–water partition coefficient (Wildman–Crippen LogP) is 2.81. The quantitative estimate of drug-likeness (QED) is 0.724. The van der Waals surface area contributed by atoms with Crippen molar-refractivity contribution in [1.29, 1.82) is 0 Å². The van der Waals surface area contributed by atoms with Crippen molar-refractivity contribution in [3.05, 3.63) is 0 Å². The average Bonchev–Trinajstić information content (AvgIpc) is 2.70. The predicted molar refractivity (Wildman–Crippen MR) is 59.1 cm³/mol. The van der Waals surface area contributed by atoms with E-state index in [1.165, 1.54) is 25.8 Å². The van der Waals surface area contributed by atoms with Crippen LogP contribution in [0.15, 0.2) is 0 Å². The molecule has 0 aromatic heterocycles. The molecule has 3 aliphatic rings. The second kappa shape index (κ2) is 3.52. The fourth-order valence-corrected chi connectivity index (χ4v) is 3.81. The lowest BCUT2D eigenvalue weighted by atomic mass is 9.73. The lowest BCUT2D eigenvalue weighted by Crippen LogP contribution is -2.44. The smallest absolute Gasteiger partial charge is 0.0124 e. The summed E-state index contributed by atoms with van der Waals surface area (Å²) in [5.74, 6) is 4.39. The minimum absolute atomic E-state index is 0.890. The molecule has 1 N–H and O–H groups in total. The zero-order chi connectivity index (χ0) is 9.54. The van der Waals surface area contributed by atoms with Gasteiger partial charge >= 0.3 is 0 Å². The molecule has 0 aromatic carbocycles. The van der Waals surface area contributed by atoms with E-state index in [2.05, 4.69) is 12.2 Å². The van der Waals surface area contributed by atoms with Gasteiger partial charge in [-0.2, -0.15) is 0 Å². The Morgan fingerprint density at radius 3 is 2.29 bits per heavy atom. The van der Waals surface area contributed by atoms with Crippen LogP contribution >= 0.6 is 0 Å². The summed E-state index contributed by atoms with van der Waals surface area (Å²) in [6, 6.07) is 0.890. The Morgan fingerprint density at radius 1 is 1.07 bits per heavy atom. The van der Waals surface area contributed by atoms with Crippen LogP contribution in [-0.4, -0.2) is 12.6 Å². The highest BCUT2D eigenvalue weighted by Gasteiger charge is 2.49. The molecule has 3 aliphatic carbocycles. The summed E-state index contributed by atoms with van der Waals surface area (Å²) in [4.78, 5) is 0. The molecule has 0 aliphatic heterocycles. The lowest BCUT2D eigenvalue weighted by molar-refractivity contribution is 0.169. The number of nitrogens with one attached hydrogen (secondary N) is 1. The maximum absolute atomic E-state index is 3.77. The highest BCUT2D eigenvalue weighted by Crippen LogP contribution is 2.56. The third kappa shape index (κ3) is 1.50. The fraction of sp³-hybridized carbons (Fsp3) is 1.00. The zero-order valence-electron chi connectivity index (χ0n) is 9.34. The molecule has 80 valence electrons. The molecule has 1 nitrogen and oxygen atoms in total. The normalized spacial score (nSPS) is 43.1. The third-order valence-electron chi connectivity index (χ3n) is 4.89. The molecular formula is C13H23N. The molecule has 3 atom stereocenters. The molecule has 3 fully saturated rings. The van der Waals surface area contributed by atoms with E-state index in [4.69, 9.17) is 0 Å². The van der Waals surface area contributed by atoms with Crippen molar-refractivity contribution >= 4 is 0 Å². The van der Waals surface area contributed by atoms with E-state index >= 15 is 0 Å². The van der Waals surface area contributed by atoms with Crippen LogP contribution in [0.25, 0.3) is 0 Å². The number of rotatable bonds is 4. The minimum Gasteiger partial charge on any atom is -0.314 e. The molecule has 0 amide bonds. The van der Waals surface area contributed by atoms with E-state index in [1.54, 1.807) is 19.3 Å². The Kier molecular flexibility index (Phi) is 2.31. The van der Waals surface area contributed by atoms with Gasteiger partial charge in [0.1, 0.15) is 0 Å². The van der Waals surface area contributed by atoms with Gasteiger partial charge in [0.05, 0.1) is 0 Å². The maximum atomic E-state index is 3.77. The summed E-state index contributed by atoms with van der Waals surface area (Å²) in [7, 11) is 0. The van der Waals surface area contributed by atoms with Gasteiger partial charge in [0.15, 0.2) is 0 Å². The van der Waals surface area contributed by atoms with Gasteiger partial charge in [0, 0.05) is 6.04 Å². The van der Waals surface area contributed by atoms with E-state index in [0.717, 1.165) is 29.7 Å². The SMILES string of the molecule is CCNC(C1CCC1)C1CC2CC2C1. The van der Waals surface area contributed by atoms with Crippen molar-refractivity contribution in [2.75, 3.05) is 6.54 Å². The Balaban J connectivity index is 1.59. The molecule has 14 heavy (non-hydrogen) atoms. The standard InChI is InChI=1S/C13H23N/c1-2-14-13(9-4-3-5-9)12-7-10-6-11(10)8-12/h9-14H,2-8H2,1H3. The molecule has 0 spiro atoms. The van der Waals surface area contributed by atoms with E-state index in [0.29, 0.717) is 0 Å². The van der Waals surface area contributed by atoms with Gasteiger partial charge in [0.25, 0.3) is 0 Å². The second-order valence-electron chi connectivity index (χ2n) is 5.76. The molecule has 0 radical (unpaired) electrons. The minimum atomic E-state index is 0.890. The van der Waals surface area contributed by atoms with Crippen LogP contribution in [0.2, 0.25) is 0 Å². The van der Waals surface area contributed by atoms with Gasteiger partial charge in [-0.1, -0.05) is 13.3 Å². The first-order chi connectivity index (χ1) is 6.88. The number of hydrogen-bond acceptors (Lipinski definition) is 1. The highest BCUT2D eigenvalue weighted by molar-refractivity contribution is 5.01. The van der Waals surface area contributed by atoms with E-state index < -0.39 is 0 Å². The van der Waals surface area contributed by atoms with Crippen LogP contribution in [0.3, 0.4) is 0 Å². The van der Waals surface area contributed by atoms with Crippen LogP contribution in [-0.2, 0) is 0 Å². The van der Waals surface area contributed by atoms with E-state index in [9.17, 15) is 0 Å². The molecule has 0 saturated heterocycles. The summed E-state index contributed by atoms with van der Waals surface area (Å²) in [5, 5.41) is 3.77. The van der Waals surface area contributed by atoms with Crippen molar-refractivity contribution in [3.8, 4) is 0 Å². The van der Waals surface area contributed by atoms with E-state index in [1.807, 2.05) is 0 Å². The van der Waals surface area contributed by atoms with Gasteiger partial charge in [-0.05, 0) is 62.3 Å². The molecule has 3 saturated carbocycles. The molecule has 3 unspecified atom stereocenters. The van der Waals surface area contributed by atoms with Gasteiger partial charge in [-0.25, -0.2) is 0 Å². The Morgan fingerprint density at radius 2 is 1.79 bits per heavy atom. The molecule has 0 aromatic rings. The first-order valence-electron chi connectivity index (χ1n) is 6.62. The summed E-state index contributed by atoms with van der Waals surface area (Å²) in [5.41, 5.74) is 0. The van der Waals surface area contributed by atoms with Crippen LogP contribution < -0.4 is 5.32 Å². The largest absolute Gasteiger partial charge is 0.314 e. The first kappa shape index (κ1) is 9.21. The second-order valence-corrected chi connectivity index (χ2v) is 5.76. The van der Waals surface area contributed by atoms with Gasteiger partial charge in [0.2, 0.25) is 0 Å². The van der Waals surface area contributed by atoms with Gasteiger partial charge in [-0.15, -0.1) is 0 Å². The maximum Gasteiger partial charge on any atom is 0.0124 e. The zero-order valence-corrected chi connectivity index (χ0v) is 9.34. The monoisotopic (exact) mass is 193 g/mol. The topological polar surface area (TPSA) is 12.0 Å². The van der Waals surface area contributed by atoms with Crippen molar-refractivity contribution in [3.63, 3.8) is 0 Å². The molecular weight excluding hydrogens is 170 g/mol. The van der Waals surface area contributed by atoms with E-state index in [-0.39, 0.29) is 0 Å². The Hall–Kier alpha value is -0.0400. The van der Waals surface area contributed by atoms with Crippen LogP contribution in [0.5, 0.6) is 0 Å². The summed E-state index contributed by atoms with van der Waals surface area (Å²) in [6.07, 6.45) is 9.18. The number of fused-ring (bicyclic) bond motifs is 1. The summed E-state index contributed by atoms with van der Waals surface area (Å²) >= 11 is 0. The molecule has 3 rings (SSSR count). The van der Waals surface area contributed by atoms with Crippen LogP contribution in [0.1, 0.15) is 45.4 Å². The van der Waals surface area contributed by atoms with Crippen molar-refractivity contribution in [2.45, 2.75) is 51.5 Å². The highest BCUT2D eigenvalue weighted by atomic mass is 14.9. The van der Waals surface area contributed by atoms with Crippen molar-refractivity contribution in [1.82, 2.24) is 5.32 Å². The molecule has 0 heterocycles. The van der Waals surface area contributed by atoms with Crippen LogP contribution in [0.4, 0.5) is 0 Å². The molecule has 1 heteroatoms. The lowest BCUT2D eigenvalue weighted by Gasteiger charge is -2.38. The Bertz CT molecular complexity index is 199. The summed E-state index contributed by atoms with van der Waals surface area (Å²) < 4.78 is 0. The van der Waals surface area contributed by atoms with Gasteiger partial charge in [-0.3, -0.25) is 0 Å². The van der Waals surface area contributed by atoms with Crippen molar-refractivity contribution in [2.24, 2.45) is 23.7 Å². The van der Waals surface area contributed by atoms with Gasteiger partial charge < -0.3 is 5.32 Å². The molecule has 0 bridgehead atoms. The fourth-order valence-electron chi connectivity index (χ4n) is 3.81.